The highest BCUT2D eigenvalue weighted by Crippen LogP contribution is 2.24. The molecule has 0 aliphatic carbocycles. The predicted molar refractivity (Wildman–Crippen MR) is 69.9 cm³/mol. The van der Waals surface area contributed by atoms with Crippen LogP contribution in [0.4, 0.5) is 0 Å². The second-order valence-electron chi connectivity index (χ2n) is 4.16. The molecule has 4 nitrogen and oxygen atoms in total. The molecular weight excluding hydrogens is 328 g/mol. The fourth-order valence-electron chi connectivity index (χ4n) is 1.97. The van der Waals surface area contributed by atoms with Crippen molar-refractivity contribution in [2.75, 3.05) is 5.75 Å². The van der Waals surface area contributed by atoms with E-state index in [-0.39, 0.29) is 5.25 Å². The summed E-state index contributed by atoms with van der Waals surface area (Å²) in [5.74, 6) is 0.292. The Kier molecular flexibility index (Phi) is 4.05. The van der Waals surface area contributed by atoms with Gasteiger partial charge in [-0.3, -0.25) is 0 Å². The second kappa shape index (κ2) is 5.20. The number of rotatable bonds is 2. The third kappa shape index (κ3) is 3.17. The first kappa shape index (κ1) is 13.2. The maximum atomic E-state index is 11.9. The van der Waals surface area contributed by atoms with Crippen LogP contribution in [0.5, 0.6) is 0 Å². The Morgan fingerprint density at radius 2 is 2.18 bits per heavy atom. The van der Waals surface area contributed by atoms with Crippen molar-refractivity contribution in [2.45, 2.75) is 30.9 Å². The van der Waals surface area contributed by atoms with Gasteiger partial charge in [-0.25, -0.2) is 8.42 Å². The highest BCUT2D eigenvalue weighted by molar-refractivity contribution is 9.10. The molecule has 1 aliphatic heterocycles. The van der Waals surface area contributed by atoms with Crippen molar-refractivity contribution < 1.29 is 8.42 Å². The Hall–Kier alpha value is -0.200. The van der Waals surface area contributed by atoms with E-state index in [4.69, 9.17) is 11.6 Å². The number of sulfone groups is 1. The number of halogens is 2. The SMILES string of the molecule is O=S1(=O)CCCCC1Cc1cc(Br)c(Cl)nn1. The lowest BCUT2D eigenvalue weighted by atomic mass is 10.1. The van der Waals surface area contributed by atoms with Crippen molar-refractivity contribution in [1.82, 2.24) is 10.2 Å². The summed E-state index contributed by atoms with van der Waals surface area (Å²) in [6.45, 7) is 0. The minimum Gasteiger partial charge on any atom is -0.229 e. The van der Waals surface area contributed by atoms with E-state index in [0.717, 1.165) is 12.8 Å². The van der Waals surface area contributed by atoms with E-state index in [1.54, 1.807) is 6.07 Å². The smallest absolute Gasteiger partial charge is 0.165 e. The van der Waals surface area contributed by atoms with E-state index in [9.17, 15) is 8.42 Å². The maximum absolute atomic E-state index is 11.9. The van der Waals surface area contributed by atoms with Crippen molar-refractivity contribution in [2.24, 2.45) is 0 Å². The van der Waals surface area contributed by atoms with Gasteiger partial charge in [-0.15, -0.1) is 5.10 Å². The van der Waals surface area contributed by atoms with Crippen LogP contribution in [0.15, 0.2) is 10.5 Å². The molecule has 1 unspecified atom stereocenters. The third-order valence-electron chi connectivity index (χ3n) is 2.91. The first-order valence-electron chi connectivity index (χ1n) is 5.38. The van der Waals surface area contributed by atoms with Crippen molar-refractivity contribution in [3.05, 3.63) is 21.4 Å². The largest absolute Gasteiger partial charge is 0.229 e. The van der Waals surface area contributed by atoms with Crippen LogP contribution < -0.4 is 0 Å². The van der Waals surface area contributed by atoms with E-state index in [0.29, 0.717) is 33.9 Å². The minimum absolute atomic E-state index is 0.292. The fourth-order valence-corrected chi connectivity index (χ4v) is 4.30. The van der Waals surface area contributed by atoms with Crippen LogP contribution in [0.1, 0.15) is 25.0 Å². The summed E-state index contributed by atoms with van der Waals surface area (Å²) >= 11 is 9.00. The Morgan fingerprint density at radius 1 is 1.41 bits per heavy atom. The van der Waals surface area contributed by atoms with Crippen LogP contribution in [0.2, 0.25) is 5.15 Å². The number of hydrogen-bond donors (Lipinski definition) is 0. The maximum Gasteiger partial charge on any atom is 0.165 e. The highest BCUT2D eigenvalue weighted by Gasteiger charge is 2.29. The van der Waals surface area contributed by atoms with Gasteiger partial charge in [0.15, 0.2) is 15.0 Å². The van der Waals surface area contributed by atoms with Crippen molar-refractivity contribution in [3.8, 4) is 0 Å². The molecule has 0 spiro atoms. The van der Waals surface area contributed by atoms with Crippen LogP contribution >= 0.6 is 27.5 Å². The summed E-state index contributed by atoms with van der Waals surface area (Å²) in [5.41, 5.74) is 0.664. The van der Waals surface area contributed by atoms with Gasteiger partial charge in [0, 0.05) is 6.42 Å². The zero-order valence-electron chi connectivity index (χ0n) is 9.07. The molecule has 2 heterocycles. The Bertz CT molecular complexity index is 521. The molecule has 94 valence electrons. The molecule has 0 aromatic carbocycles. The van der Waals surface area contributed by atoms with Gasteiger partial charge >= 0.3 is 0 Å². The second-order valence-corrected chi connectivity index (χ2v) is 7.78. The van der Waals surface area contributed by atoms with Gasteiger partial charge in [-0.1, -0.05) is 18.0 Å². The lowest BCUT2D eigenvalue weighted by Crippen LogP contribution is -2.30. The molecule has 1 atom stereocenters. The number of aromatic nitrogens is 2. The molecule has 0 bridgehead atoms. The first-order valence-corrected chi connectivity index (χ1v) is 8.27. The van der Waals surface area contributed by atoms with Gasteiger partial charge in [0.1, 0.15) is 0 Å². The highest BCUT2D eigenvalue weighted by atomic mass is 79.9. The molecule has 1 fully saturated rings. The average Bonchev–Trinajstić information content (AvgIpc) is 2.26. The summed E-state index contributed by atoms with van der Waals surface area (Å²) in [6.07, 6.45) is 2.87. The normalized spacial score (nSPS) is 23.5. The summed E-state index contributed by atoms with van der Waals surface area (Å²) in [5, 5.41) is 7.66. The summed E-state index contributed by atoms with van der Waals surface area (Å²) in [4.78, 5) is 0. The monoisotopic (exact) mass is 338 g/mol. The molecule has 2 rings (SSSR count). The molecule has 0 saturated carbocycles. The molecule has 1 saturated heterocycles. The van der Waals surface area contributed by atoms with Gasteiger partial charge in [-0.2, -0.15) is 5.10 Å². The van der Waals surface area contributed by atoms with Gasteiger partial charge in [0.25, 0.3) is 0 Å². The van der Waals surface area contributed by atoms with Crippen LogP contribution in [-0.2, 0) is 16.3 Å². The molecule has 17 heavy (non-hydrogen) atoms. The lowest BCUT2D eigenvalue weighted by Gasteiger charge is -2.21. The molecule has 1 aliphatic rings. The predicted octanol–water partition coefficient (Wildman–Crippen LogP) is 2.40. The summed E-state index contributed by atoms with van der Waals surface area (Å²) in [6, 6.07) is 1.74. The average molecular weight is 340 g/mol. The molecular formula is C10H12BrClN2O2S. The van der Waals surface area contributed by atoms with Crippen LogP contribution in [0.3, 0.4) is 0 Å². The minimum atomic E-state index is -2.96. The summed E-state index contributed by atoms with van der Waals surface area (Å²) < 4.78 is 24.4. The van der Waals surface area contributed by atoms with E-state index in [1.165, 1.54) is 0 Å². The van der Waals surface area contributed by atoms with Crippen LogP contribution in [0.25, 0.3) is 0 Å². The first-order chi connectivity index (χ1) is 7.99. The fraction of sp³-hybridized carbons (Fsp3) is 0.600. The van der Waals surface area contributed by atoms with Crippen molar-refractivity contribution in [1.29, 1.82) is 0 Å². The van der Waals surface area contributed by atoms with Gasteiger partial charge in [0.2, 0.25) is 0 Å². The molecule has 0 amide bonds. The summed E-state index contributed by atoms with van der Waals surface area (Å²) in [7, 11) is -2.96. The third-order valence-corrected chi connectivity index (χ3v) is 6.29. The van der Waals surface area contributed by atoms with Crippen molar-refractivity contribution in [3.63, 3.8) is 0 Å². The molecule has 0 N–H and O–H groups in total. The Labute approximate surface area is 114 Å². The molecule has 0 radical (unpaired) electrons. The standard InChI is InChI=1S/C10H12BrClN2O2S/c11-9-6-7(13-14-10(9)12)5-8-3-1-2-4-17(8,15)16/h6,8H,1-5H2. The molecule has 1 aromatic rings. The van der Waals surface area contributed by atoms with Gasteiger partial charge in [0.05, 0.1) is 21.2 Å². The van der Waals surface area contributed by atoms with E-state index < -0.39 is 9.84 Å². The molecule has 1 aromatic heterocycles. The Balaban J connectivity index is 2.17. The van der Waals surface area contributed by atoms with E-state index in [1.807, 2.05) is 0 Å². The number of nitrogens with zero attached hydrogens (tertiary/aromatic N) is 2. The molecule has 7 heteroatoms. The van der Waals surface area contributed by atoms with Crippen LogP contribution in [-0.4, -0.2) is 29.6 Å². The van der Waals surface area contributed by atoms with Crippen molar-refractivity contribution >= 4 is 37.4 Å². The zero-order chi connectivity index (χ0) is 12.5. The lowest BCUT2D eigenvalue weighted by molar-refractivity contribution is 0.535. The zero-order valence-corrected chi connectivity index (χ0v) is 12.2. The quantitative estimate of drug-likeness (QED) is 0.830. The number of hydrogen-bond acceptors (Lipinski definition) is 4. The van der Waals surface area contributed by atoms with E-state index in [2.05, 4.69) is 26.1 Å². The van der Waals surface area contributed by atoms with Crippen LogP contribution in [0, 0.1) is 0 Å². The van der Waals surface area contributed by atoms with Gasteiger partial charge in [-0.05, 0) is 34.8 Å². The van der Waals surface area contributed by atoms with Gasteiger partial charge < -0.3 is 0 Å². The Morgan fingerprint density at radius 3 is 2.82 bits per heavy atom. The topological polar surface area (TPSA) is 59.9 Å². The van der Waals surface area contributed by atoms with E-state index >= 15 is 0 Å².